The van der Waals surface area contributed by atoms with Gasteiger partial charge in [-0.1, -0.05) is 24.3 Å². The van der Waals surface area contributed by atoms with Gasteiger partial charge in [0.05, 0.1) is 11.6 Å². The normalized spacial score (nSPS) is 15.2. The number of benzene rings is 1. The second kappa shape index (κ2) is 6.65. The summed E-state index contributed by atoms with van der Waals surface area (Å²) in [7, 11) is 0. The molecule has 0 amide bonds. The molecule has 20 heavy (non-hydrogen) atoms. The molecular formula is C14H18F3NOS. The molecule has 1 rings (SSSR count). The number of alkyl halides is 2. The van der Waals surface area contributed by atoms with E-state index >= 15 is 0 Å². The molecule has 2 nitrogen and oxygen atoms in total. The van der Waals surface area contributed by atoms with Crippen LogP contribution in [0.2, 0.25) is 0 Å². The third kappa shape index (κ3) is 4.01. The summed E-state index contributed by atoms with van der Waals surface area (Å²) in [5.41, 5.74) is -0.659. The van der Waals surface area contributed by atoms with Gasteiger partial charge in [0.15, 0.2) is 0 Å². The van der Waals surface area contributed by atoms with E-state index in [-0.39, 0.29) is 5.56 Å². The molecule has 0 aliphatic heterocycles. The lowest BCUT2D eigenvalue weighted by Crippen LogP contribution is -2.41. The summed E-state index contributed by atoms with van der Waals surface area (Å²) in [6, 6.07) is 2.96. The van der Waals surface area contributed by atoms with Crippen molar-refractivity contribution in [3.8, 4) is 0 Å². The molecule has 0 radical (unpaired) electrons. The third-order valence-electron chi connectivity index (χ3n) is 2.65. The van der Waals surface area contributed by atoms with Gasteiger partial charge < -0.3 is 4.55 Å². The van der Waals surface area contributed by atoms with Crippen LogP contribution in [0.1, 0.15) is 44.4 Å². The second-order valence-electron chi connectivity index (χ2n) is 5.26. The first-order valence-corrected chi connectivity index (χ1v) is 7.20. The summed E-state index contributed by atoms with van der Waals surface area (Å²) in [6.07, 6.45) is -1.55. The lowest BCUT2D eigenvalue weighted by Gasteiger charge is -2.27. The van der Waals surface area contributed by atoms with Crippen LogP contribution in [-0.2, 0) is 11.4 Å². The molecule has 1 N–H and O–H groups in total. The van der Waals surface area contributed by atoms with Gasteiger partial charge in [0.2, 0.25) is 0 Å². The largest absolute Gasteiger partial charge is 0.598 e. The molecule has 0 fully saturated rings. The van der Waals surface area contributed by atoms with Crippen molar-refractivity contribution in [3.63, 3.8) is 0 Å². The van der Waals surface area contributed by atoms with Crippen LogP contribution in [0.25, 0.3) is 0 Å². The van der Waals surface area contributed by atoms with Gasteiger partial charge in [-0.05, 0) is 20.8 Å². The Morgan fingerprint density at radius 2 is 1.85 bits per heavy atom. The zero-order valence-corrected chi connectivity index (χ0v) is 12.4. The summed E-state index contributed by atoms with van der Waals surface area (Å²) in [6.45, 7) is 8.79. The molecule has 1 aromatic rings. The van der Waals surface area contributed by atoms with E-state index in [0.29, 0.717) is 0 Å². The molecular weight excluding hydrogens is 287 g/mol. The van der Waals surface area contributed by atoms with Crippen molar-refractivity contribution in [2.45, 2.75) is 38.0 Å². The first-order chi connectivity index (χ1) is 9.18. The van der Waals surface area contributed by atoms with Gasteiger partial charge in [0, 0.05) is 16.9 Å². The highest BCUT2D eigenvalue weighted by Gasteiger charge is 2.30. The van der Waals surface area contributed by atoms with Crippen LogP contribution in [-0.4, -0.2) is 9.30 Å². The third-order valence-corrected chi connectivity index (χ3v) is 4.23. The standard InChI is InChI=1S/C14H18F3NOS/c1-5-11(18-20(19)14(2,3)4)9-7-6-8-10(12(9)15)13(16)17/h5-8,11,13,18H,1H2,2-4H3/t11-,20?/m1/s1. The molecule has 0 saturated carbocycles. The zero-order valence-electron chi connectivity index (χ0n) is 11.6. The van der Waals surface area contributed by atoms with E-state index in [2.05, 4.69) is 11.3 Å². The maximum Gasteiger partial charge on any atom is 0.266 e. The molecule has 2 atom stereocenters. The van der Waals surface area contributed by atoms with Gasteiger partial charge in [-0.15, -0.1) is 11.3 Å². The molecule has 0 spiro atoms. The predicted molar refractivity (Wildman–Crippen MR) is 75.3 cm³/mol. The van der Waals surface area contributed by atoms with Gasteiger partial charge >= 0.3 is 0 Å². The van der Waals surface area contributed by atoms with Gasteiger partial charge in [-0.25, -0.2) is 13.2 Å². The van der Waals surface area contributed by atoms with E-state index < -0.39 is 40.0 Å². The highest BCUT2D eigenvalue weighted by atomic mass is 32.2. The minimum absolute atomic E-state index is 0.00963. The molecule has 0 heterocycles. The summed E-state index contributed by atoms with van der Waals surface area (Å²) < 4.78 is 53.6. The van der Waals surface area contributed by atoms with E-state index in [1.807, 2.05) is 0 Å². The van der Waals surface area contributed by atoms with E-state index in [0.717, 1.165) is 6.07 Å². The van der Waals surface area contributed by atoms with Crippen molar-refractivity contribution < 1.29 is 17.7 Å². The van der Waals surface area contributed by atoms with Crippen molar-refractivity contribution >= 4 is 11.4 Å². The highest BCUT2D eigenvalue weighted by molar-refractivity contribution is 7.90. The Balaban J connectivity index is 3.08. The van der Waals surface area contributed by atoms with Crippen molar-refractivity contribution in [1.29, 1.82) is 0 Å². The molecule has 0 bridgehead atoms. The first kappa shape index (κ1) is 17.1. The minimum atomic E-state index is -2.89. The molecule has 0 aliphatic rings. The van der Waals surface area contributed by atoms with Crippen LogP contribution < -0.4 is 4.72 Å². The number of hydrogen-bond acceptors (Lipinski definition) is 2. The SMILES string of the molecule is C=C[C@@H](N[S+]([O-])C(C)(C)C)c1cccc(C(F)F)c1F. The monoisotopic (exact) mass is 305 g/mol. The first-order valence-electron chi connectivity index (χ1n) is 6.05. The molecule has 0 aromatic heterocycles. The Kier molecular flexibility index (Phi) is 5.68. The quantitative estimate of drug-likeness (QED) is 0.658. The lowest BCUT2D eigenvalue weighted by atomic mass is 10.0. The van der Waals surface area contributed by atoms with Crippen molar-refractivity contribution in [2.24, 2.45) is 0 Å². The zero-order chi connectivity index (χ0) is 15.5. The summed E-state index contributed by atoms with van der Waals surface area (Å²) in [5, 5.41) is 0. The Morgan fingerprint density at radius 1 is 1.30 bits per heavy atom. The van der Waals surface area contributed by atoms with Gasteiger partial charge in [0.25, 0.3) is 6.43 Å². The van der Waals surface area contributed by atoms with Crippen molar-refractivity contribution in [2.75, 3.05) is 0 Å². The van der Waals surface area contributed by atoms with Crippen LogP contribution in [0.15, 0.2) is 30.9 Å². The number of hydrogen-bond donors (Lipinski definition) is 1. The van der Waals surface area contributed by atoms with E-state index in [4.69, 9.17) is 0 Å². The van der Waals surface area contributed by atoms with Gasteiger partial charge in [-0.3, -0.25) is 0 Å². The topological polar surface area (TPSA) is 35.1 Å². The van der Waals surface area contributed by atoms with Crippen molar-refractivity contribution in [1.82, 2.24) is 4.72 Å². The Bertz CT molecular complexity index is 474. The summed E-state index contributed by atoms with van der Waals surface area (Å²) >= 11 is -1.47. The van der Waals surface area contributed by atoms with Crippen molar-refractivity contribution in [3.05, 3.63) is 47.8 Å². The summed E-state index contributed by atoms with van der Waals surface area (Å²) in [5.74, 6) is -0.995. The Hall–Kier alpha value is -0.980. The Labute approximate surface area is 120 Å². The predicted octanol–water partition coefficient (Wildman–Crippen LogP) is 4.04. The van der Waals surface area contributed by atoms with Crippen LogP contribution >= 0.6 is 0 Å². The maximum atomic E-state index is 14.0. The molecule has 112 valence electrons. The van der Waals surface area contributed by atoms with Crippen LogP contribution in [0, 0.1) is 5.82 Å². The number of rotatable bonds is 5. The number of halogens is 3. The Morgan fingerprint density at radius 3 is 2.30 bits per heavy atom. The average Bonchev–Trinajstić information content (AvgIpc) is 2.34. The minimum Gasteiger partial charge on any atom is -0.598 e. The van der Waals surface area contributed by atoms with E-state index in [1.54, 1.807) is 20.8 Å². The number of nitrogens with one attached hydrogen (secondary N) is 1. The van der Waals surface area contributed by atoms with Crippen LogP contribution in [0.3, 0.4) is 0 Å². The summed E-state index contributed by atoms with van der Waals surface area (Å²) in [4.78, 5) is 0. The fourth-order valence-electron chi connectivity index (χ4n) is 1.51. The maximum absolute atomic E-state index is 14.0. The molecule has 1 aromatic carbocycles. The molecule has 1 unspecified atom stereocenters. The van der Waals surface area contributed by atoms with Gasteiger partial charge in [0.1, 0.15) is 10.6 Å². The molecule has 6 heteroatoms. The van der Waals surface area contributed by atoms with Crippen LogP contribution in [0.4, 0.5) is 13.2 Å². The fourth-order valence-corrected chi connectivity index (χ4v) is 2.32. The lowest BCUT2D eigenvalue weighted by molar-refractivity contribution is 0.146. The second-order valence-corrected chi connectivity index (χ2v) is 7.26. The van der Waals surface area contributed by atoms with Gasteiger partial charge in [-0.2, -0.15) is 0 Å². The van der Waals surface area contributed by atoms with Crippen LogP contribution in [0.5, 0.6) is 0 Å². The smallest absolute Gasteiger partial charge is 0.266 e. The molecule has 0 saturated heterocycles. The average molecular weight is 305 g/mol. The fraction of sp³-hybridized carbons (Fsp3) is 0.429. The molecule has 0 aliphatic carbocycles. The van der Waals surface area contributed by atoms with E-state index in [1.165, 1.54) is 18.2 Å². The highest BCUT2D eigenvalue weighted by Crippen LogP contribution is 2.29. The van der Waals surface area contributed by atoms with E-state index in [9.17, 15) is 17.7 Å².